The fraction of sp³-hybridized carbons (Fsp3) is 0.111. The average Bonchev–Trinajstić information content (AvgIpc) is 3.00. The molecular formula is C18H18N4OS. The number of thiazole rings is 1. The van der Waals surface area contributed by atoms with E-state index in [9.17, 15) is 0 Å². The van der Waals surface area contributed by atoms with Crippen LogP contribution in [-0.2, 0) is 6.61 Å². The van der Waals surface area contributed by atoms with Crippen molar-refractivity contribution in [1.29, 1.82) is 0 Å². The Morgan fingerprint density at radius 2 is 2.08 bits per heavy atom. The number of nitrogens with zero attached hydrogens (tertiary/aromatic N) is 2. The third-order valence-electron chi connectivity index (χ3n) is 3.33. The van der Waals surface area contributed by atoms with Crippen molar-refractivity contribution in [2.24, 2.45) is 5.10 Å². The van der Waals surface area contributed by atoms with E-state index in [-0.39, 0.29) is 0 Å². The highest BCUT2D eigenvalue weighted by Crippen LogP contribution is 2.20. The summed E-state index contributed by atoms with van der Waals surface area (Å²) in [5, 5.41) is 6.60. The second kappa shape index (κ2) is 7.61. The molecule has 0 bridgehead atoms. The molecule has 0 aliphatic rings. The third kappa shape index (κ3) is 4.33. The Bertz CT molecular complexity index is 830. The molecule has 3 aromatic rings. The van der Waals surface area contributed by atoms with E-state index in [2.05, 4.69) is 15.5 Å². The second-order valence-electron chi connectivity index (χ2n) is 5.25. The predicted octanol–water partition coefficient (Wildman–Crippen LogP) is 4.06. The molecule has 0 aliphatic heterocycles. The first-order valence-corrected chi connectivity index (χ1v) is 8.36. The van der Waals surface area contributed by atoms with Gasteiger partial charge in [-0.2, -0.15) is 5.10 Å². The van der Waals surface area contributed by atoms with Gasteiger partial charge in [0.2, 0.25) is 5.13 Å². The molecule has 3 N–H and O–H groups in total. The summed E-state index contributed by atoms with van der Waals surface area (Å²) >= 11 is 1.41. The first-order chi connectivity index (χ1) is 11.7. The fourth-order valence-electron chi connectivity index (χ4n) is 2.15. The van der Waals surface area contributed by atoms with Gasteiger partial charge in [-0.15, -0.1) is 11.3 Å². The van der Waals surface area contributed by atoms with E-state index < -0.39 is 0 Å². The predicted molar refractivity (Wildman–Crippen MR) is 99.7 cm³/mol. The summed E-state index contributed by atoms with van der Waals surface area (Å²) in [7, 11) is 0. The van der Waals surface area contributed by atoms with Crippen LogP contribution in [0.1, 0.15) is 16.7 Å². The molecule has 6 heteroatoms. The van der Waals surface area contributed by atoms with Crippen molar-refractivity contribution in [3.8, 4) is 5.75 Å². The zero-order valence-electron chi connectivity index (χ0n) is 13.3. The van der Waals surface area contributed by atoms with E-state index >= 15 is 0 Å². The van der Waals surface area contributed by atoms with Crippen LogP contribution in [0.4, 0.5) is 10.9 Å². The molecule has 122 valence electrons. The highest BCUT2D eigenvalue weighted by molar-refractivity contribution is 7.14. The van der Waals surface area contributed by atoms with Gasteiger partial charge in [-0.05, 0) is 41.8 Å². The van der Waals surface area contributed by atoms with Crippen molar-refractivity contribution in [3.05, 3.63) is 70.6 Å². The molecule has 0 saturated carbocycles. The number of nitrogen functional groups attached to an aromatic ring is 1. The minimum atomic E-state index is 0.494. The molecule has 0 spiro atoms. The molecule has 3 rings (SSSR count). The monoisotopic (exact) mass is 338 g/mol. The number of hydrazone groups is 1. The Morgan fingerprint density at radius 1 is 1.25 bits per heavy atom. The number of benzene rings is 2. The van der Waals surface area contributed by atoms with Gasteiger partial charge in [0.1, 0.15) is 18.2 Å². The van der Waals surface area contributed by atoms with Crippen LogP contribution < -0.4 is 15.9 Å². The molecule has 0 radical (unpaired) electrons. The zero-order chi connectivity index (χ0) is 16.8. The van der Waals surface area contributed by atoms with Crippen LogP contribution in [0.25, 0.3) is 0 Å². The minimum absolute atomic E-state index is 0.494. The largest absolute Gasteiger partial charge is 0.489 e. The summed E-state index contributed by atoms with van der Waals surface area (Å²) in [6, 6.07) is 16.1. The Kier molecular flexibility index (Phi) is 5.08. The van der Waals surface area contributed by atoms with E-state index in [1.807, 2.05) is 55.5 Å². The maximum Gasteiger partial charge on any atom is 0.205 e. The SMILES string of the molecule is Cc1cc(C=NNc2nc(N)cs2)ccc1OCc1ccccc1. The summed E-state index contributed by atoms with van der Waals surface area (Å²) < 4.78 is 5.87. The lowest BCUT2D eigenvalue weighted by Gasteiger charge is -2.09. The number of hydrogen-bond donors (Lipinski definition) is 2. The Labute approximate surface area is 144 Å². The summed E-state index contributed by atoms with van der Waals surface area (Å²) in [5.41, 5.74) is 11.6. The summed E-state index contributed by atoms with van der Waals surface area (Å²) in [5.74, 6) is 1.37. The normalized spacial score (nSPS) is 10.9. The van der Waals surface area contributed by atoms with Gasteiger partial charge in [0.15, 0.2) is 0 Å². The number of rotatable bonds is 6. The number of aromatic nitrogens is 1. The smallest absolute Gasteiger partial charge is 0.205 e. The fourth-order valence-corrected chi connectivity index (χ4v) is 2.70. The van der Waals surface area contributed by atoms with Gasteiger partial charge in [0.25, 0.3) is 0 Å². The van der Waals surface area contributed by atoms with E-state index in [0.29, 0.717) is 17.6 Å². The number of hydrogen-bond acceptors (Lipinski definition) is 6. The van der Waals surface area contributed by atoms with E-state index in [4.69, 9.17) is 10.5 Å². The van der Waals surface area contributed by atoms with E-state index in [0.717, 1.165) is 22.4 Å². The van der Waals surface area contributed by atoms with E-state index in [1.54, 1.807) is 11.6 Å². The van der Waals surface area contributed by atoms with Crippen LogP contribution >= 0.6 is 11.3 Å². The Morgan fingerprint density at radius 3 is 2.79 bits per heavy atom. The quantitative estimate of drug-likeness (QED) is 0.525. The van der Waals surface area contributed by atoms with Crippen molar-refractivity contribution in [3.63, 3.8) is 0 Å². The van der Waals surface area contributed by atoms with Gasteiger partial charge in [-0.3, -0.25) is 5.43 Å². The van der Waals surface area contributed by atoms with Crippen LogP contribution in [0.2, 0.25) is 0 Å². The standard InChI is InChI=1S/C18H18N4OS/c1-13-9-15(10-20-22-18-21-17(19)12-24-18)7-8-16(13)23-11-14-5-3-2-4-6-14/h2-10,12H,11,19H2,1H3,(H,21,22). The molecule has 1 aromatic heterocycles. The molecule has 0 atom stereocenters. The van der Waals surface area contributed by atoms with Gasteiger partial charge in [-0.1, -0.05) is 30.3 Å². The van der Waals surface area contributed by atoms with Gasteiger partial charge >= 0.3 is 0 Å². The number of nitrogens with one attached hydrogen (secondary N) is 1. The highest BCUT2D eigenvalue weighted by Gasteiger charge is 2.01. The lowest BCUT2D eigenvalue weighted by molar-refractivity contribution is 0.304. The summed E-state index contributed by atoms with van der Waals surface area (Å²) in [4.78, 5) is 4.08. The van der Waals surface area contributed by atoms with Crippen LogP contribution in [0.3, 0.4) is 0 Å². The Balaban J connectivity index is 1.59. The van der Waals surface area contributed by atoms with Gasteiger partial charge in [0, 0.05) is 5.38 Å². The summed E-state index contributed by atoms with van der Waals surface area (Å²) in [6.45, 7) is 2.58. The van der Waals surface area contributed by atoms with Crippen molar-refractivity contribution >= 4 is 28.5 Å². The molecule has 24 heavy (non-hydrogen) atoms. The maximum atomic E-state index is 5.87. The number of nitrogens with two attached hydrogens (primary N) is 1. The summed E-state index contributed by atoms with van der Waals surface area (Å²) in [6.07, 6.45) is 1.74. The Hall–Kier alpha value is -2.86. The average molecular weight is 338 g/mol. The molecule has 2 aromatic carbocycles. The lowest BCUT2D eigenvalue weighted by atomic mass is 10.1. The molecule has 0 saturated heterocycles. The van der Waals surface area contributed by atoms with Crippen molar-refractivity contribution in [2.75, 3.05) is 11.2 Å². The number of ether oxygens (including phenoxy) is 1. The number of anilines is 2. The minimum Gasteiger partial charge on any atom is -0.489 e. The maximum absolute atomic E-state index is 5.87. The molecule has 0 aliphatic carbocycles. The molecule has 0 amide bonds. The highest BCUT2D eigenvalue weighted by atomic mass is 32.1. The first-order valence-electron chi connectivity index (χ1n) is 7.48. The molecule has 0 unspecified atom stereocenters. The third-order valence-corrected chi connectivity index (χ3v) is 4.10. The van der Waals surface area contributed by atoms with Crippen molar-refractivity contribution in [2.45, 2.75) is 13.5 Å². The van der Waals surface area contributed by atoms with Crippen LogP contribution in [-0.4, -0.2) is 11.2 Å². The molecule has 1 heterocycles. The second-order valence-corrected chi connectivity index (χ2v) is 6.10. The van der Waals surface area contributed by atoms with Crippen LogP contribution in [0, 0.1) is 6.92 Å². The molecular weight excluding hydrogens is 320 g/mol. The zero-order valence-corrected chi connectivity index (χ0v) is 14.1. The van der Waals surface area contributed by atoms with Gasteiger partial charge in [0.05, 0.1) is 6.21 Å². The molecule has 0 fully saturated rings. The first kappa shape index (κ1) is 16.0. The van der Waals surface area contributed by atoms with Gasteiger partial charge in [-0.25, -0.2) is 4.98 Å². The van der Waals surface area contributed by atoms with Crippen LogP contribution in [0.15, 0.2) is 59.0 Å². The molecule has 5 nitrogen and oxygen atoms in total. The topological polar surface area (TPSA) is 72.5 Å². The van der Waals surface area contributed by atoms with E-state index in [1.165, 1.54) is 11.3 Å². The van der Waals surface area contributed by atoms with Crippen molar-refractivity contribution < 1.29 is 4.74 Å². The van der Waals surface area contributed by atoms with Crippen LogP contribution in [0.5, 0.6) is 5.75 Å². The number of aryl methyl sites for hydroxylation is 1. The van der Waals surface area contributed by atoms with Crippen molar-refractivity contribution in [1.82, 2.24) is 4.98 Å². The van der Waals surface area contributed by atoms with Gasteiger partial charge < -0.3 is 10.5 Å². The lowest BCUT2D eigenvalue weighted by Crippen LogP contribution is -1.97.